The molecule has 0 bridgehead atoms. The molecule has 204 valence electrons. The number of ketones is 2. The summed E-state index contributed by atoms with van der Waals surface area (Å²) in [5.74, 6) is -1.51. The van der Waals surface area contributed by atoms with Crippen LogP contribution in [0.4, 0.5) is 11.4 Å². The SMILES string of the molecule is CCCc1ccc(C(=O)[C@H]2[C@@H](C(=O)c3cccs3)N3c4ccccc4C(C)=C[C@@H]3[C@]23C(=O)Nc2ccccc23)cc1. The Labute approximate surface area is 243 Å². The summed E-state index contributed by atoms with van der Waals surface area (Å²) in [6.07, 6.45) is 4.03. The van der Waals surface area contributed by atoms with E-state index in [1.165, 1.54) is 11.3 Å². The molecule has 1 fully saturated rings. The number of carbonyl (C=O) groups excluding carboxylic acids is 3. The molecular formula is C35H30N2O3S. The lowest BCUT2D eigenvalue weighted by Crippen LogP contribution is -2.51. The largest absolute Gasteiger partial charge is 0.352 e. The van der Waals surface area contributed by atoms with E-state index < -0.39 is 23.4 Å². The number of nitrogens with zero attached hydrogens (tertiary/aromatic N) is 1. The van der Waals surface area contributed by atoms with Crippen LogP contribution in [0.25, 0.3) is 5.57 Å². The van der Waals surface area contributed by atoms with Crippen molar-refractivity contribution in [1.82, 2.24) is 0 Å². The number of para-hydroxylation sites is 2. The Morgan fingerprint density at radius 1 is 0.927 bits per heavy atom. The Balaban J connectivity index is 1.52. The van der Waals surface area contributed by atoms with Gasteiger partial charge in [0.25, 0.3) is 0 Å². The summed E-state index contributed by atoms with van der Waals surface area (Å²) in [6.45, 7) is 4.17. The molecule has 1 saturated heterocycles. The summed E-state index contributed by atoms with van der Waals surface area (Å²) in [7, 11) is 0. The molecule has 0 saturated carbocycles. The second kappa shape index (κ2) is 9.67. The third-order valence-corrected chi connectivity index (χ3v) is 9.86. The van der Waals surface area contributed by atoms with E-state index in [9.17, 15) is 14.4 Å². The maximum atomic E-state index is 14.9. The van der Waals surface area contributed by atoms with Crippen LogP contribution < -0.4 is 10.2 Å². The molecule has 1 aromatic heterocycles. The third-order valence-electron chi connectivity index (χ3n) is 8.98. The van der Waals surface area contributed by atoms with Crippen LogP contribution in [-0.4, -0.2) is 29.6 Å². The molecule has 0 radical (unpaired) electrons. The van der Waals surface area contributed by atoms with Crippen molar-refractivity contribution in [3.63, 3.8) is 0 Å². The van der Waals surface area contributed by atoms with Gasteiger partial charge >= 0.3 is 0 Å². The number of rotatable bonds is 6. The third kappa shape index (κ3) is 3.63. The van der Waals surface area contributed by atoms with Crippen molar-refractivity contribution < 1.29 is 14.4 Å². The summed E-state index contributed by atoms with van der Waals surface area (Å²) in [4.78, 5) is 46.5. The Hall–Kier alpha value is -4.29. The molecule has 4 heterocycles. The molecular weight excluding hydrogens is 528 g/mol. The van der Waals surface area contributed by atoms with Gasteiger partial charge in [0.15, 0.2) is 11.6 Å². The lowest BCUT2D eigenvalue weighted by atomic mass is 9.64. The van der Waals surface area contributed by atoms with Crippen LogP contribution in [0, 0.1) is 5.92 Å². The number of amides is 1. The van der Waals surface area contributed by atoms with Crippen molar-refractivity contribution in [3.05, 3.63) is 124 Å². The first-order valence-electron chi connectivity index (χ1n) is 14.1. The lowest BCUT2D eigenvalue weighted by molar-refractivity contribution is -0.121. The van der Waals surface area contributed by atoms with Gasteiger partial charge in [0.1, 0.15) is 11.5 Å². The van der Waals surface area contributed by atoms with Crippen molar-refractivity contribution in [2.24, 2.45) is 5.92 Å². The van der Waals surface area contributed by atoms with E-state index >= 15 is 0 Å². The highest BCUT2D eigenvalue weighted by Gasteiger charge is 2.70. The highest BCUT2D eigenvalue weighted by molar-refractivity contribution is 7.12. The standard InChI is InChI=1S/C35H30N2O3S/c1-3-9-22-15-17-23(18-16-22)32(38)30-31(33(39)28-14-8-19-41-28)37-27-13-7-4-10-24(27)21(2)20-29(37)35(30)25-11-5-6-12-26(25)36-34(35)40/h4-8,10-20,29-31H,3,9H2,1-2H3,(H,36,40)/t29-,30-,31+,35+/m1/s1. The van der Waals surface area contributed by atoms with Crippen molar-refractivity contribution in [2.75, 3.05) is 10.2 Å². The molecule has 7 rings (SSSR count). The Morgan fingerprint density at radius 3 is 2.44 bits per heavy atom. The number of aryl methyl sites for hydroxylation is 1. The van der Waals surface area contributed by atoms with Gasteiger partial charge in [-0.15, -0.1) is 11.3 Å². The number of carbonyl (C=O) groups is 3. The van der Waals surface area contributed by atoms with Gasteiger partial charge in [-0.25, -0.2) is 0 Å². The van der Waals surface area contributed by atoms with Crippen LogP contribution in [0.5, 0.6) is 0 Å². The van der Waals surface area contributed by atoms with E-state index in [1.807, 2.05) is 97.2 Å². The van der Waals surface area contributed by atoms with Gasteiger partial charge in [-0.1, -0.05) is 86.2 Å². The fourth-order valence-electron chi connectivity index (χ4n) is 7.26. The van der Waals surface area contributed by atoms with Crippen molar-refractivity contribution >= 4 is 45.8 Å². The number of nitrogens with one attached hydrogen (secondary N) is 1. The second-order valence-electron chi connectivity index (χ2n) is 11.2. The molecule has 3 aromatic carbocycles. The molecule has 0 aliphatic carbocycles. The minimum absolute atomic E-state index is 0.136. The summed E-state index contributed by atoms with van der Waals surface area (Å²) >= 11 is 1.37. The number of hydrogen-bond acceptors (Lipinski definition) is 5. The summed E-state index contributed by atoms with van der Waals surface area (Å²) in [5, 5.41) is 4.98. The average molecular weight is 559 g/mol. The first-order valence-corrected chi connectivity index (χ1v) is 15.0. The molecule has 1 amide bonds. The van der Waals surface area contributed by atoms with Gasteiger partial charge in [0.05, 0.1) is 16.8 Å². The number of benzene rings is 3. The van der Waals surface area contributed by atoms with Crippen molar-refractivity contribution in [2.45, 2.75) is 44.2 Å². The van der Waals surface area contributed by atoms with Gasteiger partial charge in [0, 0.05) is 22.5 Å². The van der Waals surface area contributed by atoms with Crippen LogP contribution in [0.15, 0.2) is 96.4 Å². The number of fused-ring (bicyclic) bond motifs is 6. The molecule has 3 aliphatic heterocycles. The molecule has 5 nitrogen and oxygen atoms in total. The fourth-order valence-corrected chi connectivity index (χ4v) is 7.95. The minimum Gasteiger partial charge on any atom is -0.352 e. The number of hydrogen-bond donors (Lipinski definition) is 1. The Kier molecular flexibility index (Phi) is 6.05. The van der Waals surface area contributed by atoms with Gasteiger partial charge in [0.2, 0.25) is 5.91 Å². The van der Waals surface area contributed by atoms with Gasteiger partial charge in [-0.3, -0.25) is 14.4 Å². The predicted molar refractivity (Wildman–Crippen MR) is 164 cm³/mol. The van der Waals surface area contributed by atoms with E-state index in [4.69, 9.17) is 0 Å². The predicted octanol–water partition coefficient (Wildman–Crippen LogP) is 6.95. The number of allylic oxidation sites excluding steroid dienone is 1. The lowest BCUT2D eigenvalue weighted by Gasteiger charge is -2.39. The van der Waals surface area contributed by atoms with Crippen LogP contribution in [-0.2, 0) is 16.6 Å². The fraction of sp³-hybridized carbons (Fsp3) is 0.229. The Bertz CT molecular complexity index is 1720. The summed E-state index contributed by atoms with van der Waals surface area (Å²) < 4.78 is 0. The van der Waals surface area contributed by atoms with Crippen LogP contribution >= 0.6 is 11.3 Å². The molecule has 4 atom stereocenters. The van der Waals surface area contributed by atoms with Crippen molar-refractivity contribution in [1.29, 1.82) is 0 Å². The monoisotopic (exact) mass is 558 g/mol. The molecule has 1 N–H and O–H groups in total. The average Bonchev–Trinajstić information content (AvgIpc) is 3.70. The molecule has 0 unspecified atom stereocenters. The maximum absolute atomic E-state index is 14.9. The van der Waals surface area contributed by atoms with Crippen LogP contribution in [0.3, 0.4) is 0 Å². The number of thiophene rings is 1. The molecule has 4 aromatic rings. The van der Waals surface area contributed by atoms with Crippen LogP contribution in [0.2, 0.25) is 0 Å². The number of Topliss-reactive ketones (excluding diaryl/α,β-unsaturated/α-hetero) is 2. The zero-order valence-corrected chi connectivity index (χ0v) is 23.8. The van der Waals surface area contributed by atoms with Gasteiger partial charge in [-0.05, 0) is 53.6 Å². The van der Waals surface area contributed by atoms with E-state index in [0.29, 0.717) is 16.1 Å². The highest BCUT2D eigenvalue weighted by Crippen LogP contribution is 2.58. The normalized spacial score (nSPS) is 24.0. The maximum Gasteiger partial charge on any atom is 0.238 e. The first kappa shape index (κ1) is 25.7. The topological polar surface area (TPSA) is 66.5 Å². The van der Waals surface area contributed by atoms with Gasteiger partial charge < -0.3 is 10.2 Å². The highest BCUT2D eigenvalue weighted by atomic mass is 32.1. The quantitative estimate of drug-likeness (QED) is 0.260. The minimum atomic E-state index is -1.29. The van der Waals surface area contributed by atoms with Gasteiger partial charge in [-0.2, -0.15) is 0 Å². The van der Waals surface area contributed by atoms with E-state index in [0.717, 1.165) is 40.8 Å². The smallest absolute Gasteiger partial charge is 0.238 e. The second-order valence-corrected chi connectivity index (χ2v) is 12.1. The molecule has 41 heavy (non-hydrogen) atoms. The Morgan fingerprint density at radius 2 is 1.68 bits per heavy atom. The molecule has 1 spiro atoms. The first-order chi connectivity index (χ1) is 20.0. The molecule has 3 aliphatic rings. The van der Waals surface area contributed by atoms with Crippen molar-refractivity contribution in [3.8, 4) is 0 Å². The number of anilines is 2. The van der Waals surface area contributed by atoms with E-state index in [2.05, 4.69) is 23.2 Å². The summed E-state index contributed by atoms with van der Waals surface area (Å²) in [6, 6.07) is 25.6. The summed E-state index contributed by atoms with van der Waals surface area (Å²) in [5.41, 5.74) is 4.76. The van der Waals surface area contributed by atoms with E-state index in [-0.39, 0.29) is 17.5 Å². The zero-order valence-electron chi connectivity index (χ0n) is 23.0. The molecule has 6 heteroatoms. The van der Waals surface area contributed by atoms with E-state index in [1.54, 1.807) is 0 Å². The zero-order chi connectivity index (χ0) is 28.3. The van der Waals surface area contributed by atoms with Crippen LogP contribution in [0.1, 0.15) is 57.0 Å².